The van der Waals surface area contributed by atoms with Crippen LogP contribution in [0.4, 0.5) is 11.4 Å². The van der Waals surface area contributed by atoms with Crippen molar-refractivity contribution in [2.75, 3.05) is 70.8 Å². The Hall–Kier alpha value is -3.06. The summed E-state index contributed by atoms with van der Waals surface area (Å²) in [6.45, 7) is 12.9. The molecular weight excluding hydrogens is 725 g/mol. The number of nitrogens with zero attached hydrogens (tertiary/aromatic N) is 4. The Morgan fingerprint density at radius 1 is 0.707 bits per heavy atom. The number of anilines is 2. The maximum Gasteiger partial charge on any atom is 0.125 e. The van der Waals surface area contributed by atoms with Crippen molar-refractivity contribution in [3.8, 4) is 11.5 Å². The zero-order valence-electron chi connectivity index (χ0n) is 35.4. The molecule has 3 radical (unpaired) electrons. The van der Waals surface area contributed by atoms with E-state index in [0.717, 1.165) is 75.5 Å². The second kappa shape index (κ2) is 14.3. The number of methoxy groups -OCH3 is 2. The average molecular weight is 795 g/mol. The van der Waals surface area contributed by atoms with Crippen molar-refractivity contribution in [1.29, 1.82) is 0 Å². The number of aliphatic hydroxyl groups excluding tert-OH is 1. The monoisotopic (exact) mass is 795 g/mol. The van der Waals surface area contributed by atoms with Gasteiger partial charge in [-0.1, -0.05) is 71.6 Å². The second-order valence-electron chi connectivity index (χ2n) is 18.6. The van der Waals surface area contributed by atoms with Crippen LogP contribution in [0.3, 0.4) is 0 Å². The Labute approximate surface area is 349 Å². The van der Waals surface area contributed by atoms with Gasteiger partial charge in [-0.2, -0.15) is 0 Å². The summed E-state index contributed by atoms with van der Waals surface area (Å²) in [4.78, 5) is 9.74. The summed E-state index contributed by atoms with van der Waals surface area (Å²) >= 11 is 0. The van der Waals surface area contributed by atoms with Gasteiger partial charge in [0.2, 0.25) is 0 Å². The number of benzene rings is 2. The first kappa shape index (κ1) is 43.0. The van der Waals surface area contributed by atoms with E-state index < -0.39 is 22.7 Å². The maximum absolute atomic E-state index is 12.3. The highest BCUT2D eigenvalue weighted by molar-refractivity contribution is 5.75. The van der Waals surface area contributed by atoms with E-state index in [9.17, 15) is 15.3 Å². The highest BCUT2D eigenvalue weighted by Gasteiger charge is 2.77. The molecule has 10 nitrogen and oxygen atoms in total. The average Bonchev–Trinajstić information content (AvgIpc) is 3.96. The molecule has 0 bridgehead atoms. The topological polar surface area (TPSA) is 118 Å². The van der Waals surface area contributed by atoms with Crippen LogP contribution in [-0.4, -0.2) is 136 Å². The van der Waals surface area contributed by atoms with Crippen molar-refractivity contribution < 1.29 is 24.8 Å². The van der Waals surface area contributed by atoms with Crippen LogP contribution in [0, 0.1) is 16.7 Å². The van der Waals surface area contributed by atoms with Gasteiger partial charge in [-0.05, 0) is 74.4 Å². The third-order valence-electron chi connectivity index (χ3n) is 17.4. The van der Waals surface area contributed by atoms with E-state index in [2.05, 4.69) is 109 Å². The molecule has 12 atom stereocenters. The van der Waals surface area contributed by atoms with Crippen LogP contribution in [0.15, 0.2) is 60.7 Å². The number of fused-ring (bicyclic) bond motifs is 2. The van der Waals surface area contributed by atoms with Crippen molar-refractivity contribution >= 4 is 19.8 Å². The Bertz CT molecular complexity index is 1830. The minimum absolute atomic E-state index is 0. The van der Waals surface area contributed by atoms with Gasteiger partial charge >= 0.3 is 0 Å². The largest absolute Gasteiger partial charge is 0.497 e. The first-order valence-electron chi connectivity index (χ1n) is 21.3. The van der Waals surface area contributed by atoms with Crippen LogP contribution < -0.4 is 25.0 Å². The molecule has 10 rings (SSSR count). The van der Waals surface area contributed by atoms with Gasteiger partial charge in [-0.25, -0.2) is 0 Å². The summed E-state index contributed by atoms with van der Waals surface area (Å²) < 4.78 is 11.0. The minimum Gasteiger partial charge on any atom is -0.497 e. The van der Waals surface area contributed by atoms with Crippen molar-refractivity contribution in [3.63, 3.8) is 0 Å². The van der Waals surface area contributed by atoms with Crippen molar-refractivity contribution in [1.82, 2.24) is 9.80 Å². The Kier molecular flexibility index (Phi) is 10.6. The van der Waals surface area contributed by atoms with E-state index in [1.54, 1.807) is 14.2 Å². The molecule has 2 aliphatic carbocycles. The summed E-state index contributed by atoms with van der Waals surface area (Å²) in [7, 11) is 7.61. The van der Waals surface area contributed by atoms with E-state index in [1.807, 2.05) is 13.1 Å². The van der Waals surface area contributed by atoms with Gasteiger partial charge in [0, 0.05) is 99.4 Å². The summed E-state index contributed by atoms with van der Waals surface area (Å²) in [5.41, 5.74) is 8.25. The molecule has 0 aromatic heterocycles. The summed E-state index contributed by atoms with van der Waals surface area (Å²) in [6, 6.07) is 13.2. The molecule has 315 valence electrons. The predicted octanol–water partition coefficient (Wildman–Crippen LogP) is 4.69. The highest BCUT2D eigenvalue weighted by Crippen LogP contribution is 2.69. The lowest BCUT2D eigenvalue weighted by Gasteiger charge is -2.65. The molecular formula is C47H69BN5O5. The van der Waals surface area contributed by atoms with Crippen LogP contribution in [0.5, 0.6) is 11.5 Å². The summed E-state index contributed by atoms with van der Waals surface area (Å²) in [5, 5.41) is 35.9. The van der Waals surface area contributed by atoms with Crippen LogP contribution in [0.2, 0.25) is 0 Å². The summed E-state index contributed by atoms with van der Waals surface area (Å²) in [5.74, 6) is 1.90. The molecule has 2 aromatic rings. The highest BCUT2D eigenvalue weighted by atomic mass is 16.5. The van der Waals surface area contributed by atoms with Gasteiger partial charge in [0.15, 0.2) is 0 Å². The van der Waals surface area contributed by atoms with Gasteiger partial charge in [0.05, 0.1) is 38.0 Å². The summed E-state index contributed by atoms with van der Waals surface area (Å²) in [6.07, 6.45) is 12.9. The fourth-order valence-corrected chi connectivity index (χ4v) is 15.3. The van der Waals surface area contributed by atoms with Crippen LogP contribution in [0.1, 0.15) is 78.4 Å². The molecule has 0 unspecified atom stereocenters. The van der Waals surface area contributed by atoms with Crippen LogP contribution in [-0.2, 0) is 10.8 Å². The molecule has 2 aromatic carbocycles. The van der Waals surface area contributed by atoms with Crippen LogP contribution >= 0.6 is 0 Å². The Morgan fingerprint density at radius 2 is 1.16 bits per heavy atom. The van der Waals surface area contributed by atoms with E-state index in [1.165, 1.54) is 16.8 Å². The molecule has 6 aliphatic heterocycles. The first-order chi connectivity index (χ1) is 26.8. The van der Waals surface area contributed by atoms with Gasteiger partial charge in [-0.3, -0.25) is 9.80 Å². The van der Waals surface area contributed by atoms with Crippen molar-refractivity contribution in [3.05, 3.63) is 71.8 Å². The standard InChI is InChI=1S/C24H34N2O2.C22H31N3O3.CH4.B/c1-6-22-11-8-13-26-14-12-23(20(22)26)18-10-9-17(28-5)15-19(18)25(4)21(23)24(27,7-2)16(22)3;1-4-20-8-5-10-25-11-9-21(17(20)25)15-7-6-14(28-3)12-16(15)24(2)18(21)22(27,13-23)19(20)26;;/h8-11,15-16,20-21,27H,6-7,12-14H2,1-5H3;5-8,12,17-19,26-27H,4,9-11,13,23H2,1-3H3;1H4;/t16-,20+,21-,22+,23-,24+;17-,18+,19+,20+,21+,22+;;/m10../s1. The molecule has 58 heavy (non-hydrogen) atoms. The lowest BCUT2D eigenvalue weighted by atomic mass is 9.45. The number of likely N-dealkylation sites (N-methyl/N-ethyl adjacent to an activating group) is 2. The molecule has 5 N–H and O–H groups in total. The van der Waals surface area contributed by atoms with E-state index >= 15 is 0 Å². The SMILES string of the molecule is C.CC[C@]1(O)[C@H](C)[C@]2(CC)C=CCN3CC[C@@]4(c5ccc(OC)cc5N(C)[C@@H]14)[C@@H]32.CC[C@]12C=CCN3CC[C@@]4(c5ccc(OC)cc5N(C)[C@H]4[C@](O)(CN)[C@@H]1O)[C@@H]32.[B]. The third-order valence-corrected chi connectivity index (χ3v) is 17.4. The minimum atomic E-state index is -1.40. The number of nitrogens with two attached hydrogens (primary N) is 1. The number of hydrogen-bond acceptors (Lipinski definition) is 10. The van der Waals surface area contributed by atoms with Crippen molar-refractivity contribution in [2.45, 2.75) is 120 Å². The van der Waals surface area contributed by atoms with Crippen LogP contribution in [0.25, 0.3) is 0 Å². The Morgan fingerprint density at radius 3 is 1.59 bits per heavy atom. The second-order valence-corrected chi connectivity index (χ2v) is 18.6. The molecule has 2 saturated heterocycles. The smallest absolute Gasteiger partial charge is 0.125 e. The molecule has 11 heteroatoms. The third kappa shape index (κ3) is 4.78. The molecule has 2 spiro atoms. The maximum atomic E-state index is 12.3. The van der Waals surface area contributed by atoms with Gasteiger partial charge in [-0.15, -0.1) is 0 Å². The lowest BCUT2D eigenvalue weighted by molar-refractivity contribution is -0.194. The Balaban J connectivity index is 0.000000171. The van der Waals surface area contributed by atoms with Crippen molar-refractivity contribution in [2.24, 2.45) is 22.5 Å². The number of ether oxygens (including phenoxy) is 2. The van der Waals surface area contributed by atoms with E-state index in [4.69, 9.17) is 15.2 Å². The molecule has 6 heterocycles. The van der Waals surface area contributed by atoms with Gasteiger partial charge in [0.25, 0.3) is 0 Å². The first-order valence-corrected chi connectivity index (χ1v) is 21.3. The zero-order chi connectivity index (χ0) is 39.8. The lowest BCUT2D eigenvalue weighted by Crippen LogP contribution is -2.80. The molecule has 4 fully saturated rings. The fourth-order valence-electron chi connectivity index (χ4n) is 15.3. The van der Waals surface area contributed by atoms with E-state index in [0.29, 0.717) is 6.04 Å². The normalized spacial score (nSPS) is 42.1. The zero-order valence-corrected chi connectivity index (χ0v) is 35.4. The quantitative estimate of drug-likeness (QED) is 0.243. The van der Waals surface area contributed by atoms with Gasteiger partial charge in [0.1, 0.15) is 17.1 Å². The molecule has 0 amide bonds. The molecule has 2 saturated carbocycles. The molecule has 8 aliphatic rings. The van der Waals surface area contributed by atoms with Gasteiger partial charge < -0.3 is 40.3 Å². The number of rotatable bonds is 6. The number of aliphatic hydroxyl groups is 3. The predicted molar refractivity (Wildman–Crippen MR) is 234 cm³/mol. The fraction of sp³-hybridized carbons (Fsp3) is 0.660. The number of hydrogen-bond donors (Lipinski definition) is 4. The van der Waals surface area contributed by atoms with E-state index in [-0.39, 0.29) is 62.7 Å².